The van der Waals surface area contributed by atoms with Crippen molar-refractivity contribution in [1.29, 1.82) is 0 Å². The summed E-state index contributed by atoms with van der Waals surface area (Å²) in [6.45, 7) is 15.5. The number of carbonyl (C=O) groups excluding carboxylic acids is 1. The summed E-state index contributed by atoms with van der Waals surface area (Å²) in [5.41, 5.74) is 1.06. The minimum Gasteiger partial charge on any atom is -0.443 e. The van der Waals surface area contributed by atoms with Gasteiger partial charge in [0.05, 0.1) is 28.4 Å². The molecule has 1 amide bonds. The van der Waals surface area contributed by atoms with Crippen molar-refractivity contribution in [3.8, 4) is 0 Å². The maximum absolute atomic E-state index is 13.4. The zero-order valence-corrected chi connectivity index (χ0v) is 20.9. The summed E-state index contributed by atoms with van der Waals surface area (Å²) < 4.78 is 18.4. The molecule has 8 heteroatoms. The Morgan fingerprint density at radius 2 is 1.88 bits per heavy atom. The first-order chi connectivity index (χ1) is 15.4. The van der Waals surface area contributed by atoms with Crippen LogP contribution in [0.3, 0.4) is 0 Å². The number of fused-ring (bicyclic) bond motifs is 1. The van der Waals surface area contributed by atoms with Gasteiger partial charge in [0, 0.05) is 18.1 Å². The Kier molecular flexibility index (Phi) is 6.23. The maximum Gasteiger partial charge on any atom is 0.494 e. The maximum atomic E-state index is 13.4. The van der Waals surface area contributed by atoms with E-state index >= 15 is 0 Å². The van der Waals surface area contributed by atoms with Gasteiger partial charge in [0.2, 0.25) is 0 Å². The number of nitrogens with zero attached hydrogens (tertiary/aromatic N) is 2. The average Bonchev–Trinajstić information content (AvgIpc) is 2.94. The van der Waals surface area contributed by atoms with Crippen LogP contribution in [0.25, 0.3) is 10.9 Å². The number of nitrogens with one attached hydrogen (secondary N) is 1. The molecule has 2 saturated heterocycles. The predicted molar refractivity (Wildman–Crippen MR) is 132 cm³/mol. The van der Waals surface area contributed by atoms with E-state index in [0.29, 0.717) is 0 Å². The molecule has 178 valence electrons. The predicted octanol–water partition coefficient (Wildman–Crippen LogP) is 4.03. The molecule has 1 unspecified atom stereocenters. The third-order valence-corrected chi connectivity index (χ3v) is 6.75. The van der Waals surface area contributed by atoms with Crippen LogP contribution in [0.2, 0.25) is 0 Å². The smallest absolute Gasteiger partial charge is 0.443 e. The molecular weight excluding hydrogens is 417 g/mol. The Hall–Kier alpha value is -2.16. The molecule has 7 nitrogen and oxygen atoms in total. The largest absolute Gasteiger partial charge is 0.494 e. The number of rotatable bonds is 3. The monoisotopic (exact) mass is 453 g/mol. The van der Waals surface area contributed by atoms with E-state index in [0.717, 1.165) is 48.0 Å². The summed E-state index contributed by atoms with van der Waals surface area (Å²) >= 11 is 0. The molecule has 2 aromatic rings. The molecule has 1 aromatic heterocycles. The number of hydrogen-bond acceptors (Lipinski definition) is 6. The minimum atomic E-state index is -0.589. The van der Waals surface area contributed by atoms with Crippen LogP contribution in [0.5, 0.6) is 0 Å². The van der Waals surface area contributed by atoms with E-state index in [9.17, 15) is 4.79 Å². The topological polar surface area (TPSA) is 72.9 Å². The molecule has 2 aliphatic rings. The Bertz CT molecular complexity index is 1010. The van der Waals surface area contributed by atoms with Crippen LogP contribution in [0, 0.1) is 0 Å². The third kappa shape index (κ3) is 4.88. The summed E-state index contributed by atoms with van der Waals surface area (Å²) in [5.74, 6) is 0. The number of amides is 1. The van der Waals surface area contributed by atoms with Gasteiger partial charge in [0.25, 0.3) is 0 Å². The van der Waals surface area contributed by atoms with Crippen molar-refractivity contribution in [1.82, 2.24) is 10.3 Å². The summed E-state index contributed by atoms with van der Waals surface area (Å²) in [6, 6.07) is 7.88. The van der Waals surface area contributed by atoms with Gasteiger partial charge < -0.3 is 19.4 Å². The molecule has 3 heterocycles. The van der Waals surface area contributed by atoms with Gasteiger partial charge in [-0.05, 0) is 85.4 Å². The van der Waals surface area contributed by atoms with Gasteiger partial charge >= 0.3 is 13.2 Å². The van der Waals surface area contributed by atoms with Gasteiger partial charge in [-0.25, -0.2) is 4.79 Å². The van der Waals surface area contributed by atoms with Crippen LogP contribution in [0.1, 0.15) is 61.3 Å². The first kappa shape index (κ1) is 24.0. The number of ether oxygens (including phenoxy) is 1. The van der Waals surface area contributed by atoms with Gasteiger partial charge in [-0.3, -0.25) is 9.88 Å². The van der Waals surface area contributed by atoms with Crippen LogP contribution in [-0.2, 0) is 14.0 Å². The van der Waals surface area contributed by atoms with Crippen molar-refractivity contribution in [2.45, 2.75) is 84.2 Å². The lowest BCUT2D eigenvalue weighted by atomic mass is 9.78. The molecule has 1 atom stereocenters. The van der Waals surface area contributed by atoms with E-state index < -0.39 is 23.9 Å². The van der Waals surface area contributed by atoms with E-state index in [-0.39, 0.29) is 12.1 Å². The van der Waals surface area contributed by atoms with Crippen LogP contribution < -0.4 is 15.7 Å². The second-order valence-electron chi connectivity index (χ2n) is 11.0. The number of pyridine rings is 1. The zero-order chi connectivity index (χ0) is 24.0. The Labute approximate surface area is 197 Å². The number of hydrogen-bond donors (Lipinski definition) is 1. The molecule has 1 aromatic carbocycles. The van der Waals surface area contributed by atoms with Crippen molar-refractivity contribution < 1.29 is 18.8 Å². The minimum absolute atomic E-state index is 0.000275. The first-order valence-corrected chi connectivity index (χ1v) is 11.9. The molecule has 0 bridgehead atoms. The van der Waals surface area contributed by atoms with Gasteiger partial charge in [-0.1, -0.05) is 12.1 Å². The van der Waals surface area contributed by atoms with Crippen molar-refractivity contribution in [3.63, 3.8) is 0 Å². The summed E-state index contributed by atoms with van der Waals surface area (Å²) in [4.78, 5) is 19.8. The van der Waals surface area contributed by atoms with Crippen molar-refractivity contribution in [2.24, 2.45) is 0 Å². The number of benzene rings is 1. The van der Waals surface area contributed by atoms with Crippen LogP contribution in [-0.4, -0.2) is 54.1 Å². The number of anilines is 1. The second kappa shape index (κ2) is 8.56. The van der Waals surface area contributed by atoms with Gasteiger partial charge in [-0.2, -0.15) is 0 Å². The van der Waals surface area contributed by atoms with E-state index in [1.807, 2.05) is 72.7 Å². The highest BCUT2D eigenvalue weighted by Crippen LogP contribution is 2.37. The fourth-order valence-corrected chi connectivity index (χ4v) is 4.29. The highest BCUT2D eigenvalue weighted by molar-refractivity contribution is 6.62. The molecule has 0 spiro atoms. The summed E-state index contributed by atoms with van der Waals surface area (Å²) in [6.07, 6.45) is 3.32. The van der Waals surface area contributed by atoms with Gasteiger partial charge in [-0.15, -0.1) is 0 Å². The van der Waals surface area contributed by atoms with Crippen molar-refractivity contribution in [2.75, 3.05) is 18.0 Å². The molecule has 1 N–H and O–H groups in total. The molecule has 2 aliphatic heterocycles. The fraction of sp³-hybridized carbons (Fsp3) is 0.600. The lowest BCUT2D eigenvalue weighted by molar-refractivity contribution is 0.00578. The highest BCUT2D eigenvalue weighted by atomic mass is 16.7. The Morgan fingerprint density at radius 1 is 1.18 bits per heavy atom. The zero-order valence-electron chi connectivity index (χ0n) is 20.9. The third-order valence-electron chi connectivity index (χ3n) is 6.75. The average molecular weight is 453 g/mol. The van der Waals surface area contributed by atoms with Crippen LogP contribution in [0.4, 0.5) is 10.5 Å². The van der Waals surface area contributed by atoms with E-state index in [1.54, 1.807) is 11.1 Å². The lowest BCUT2D eigenvalue weighted by Gasteiger charge is -2.36. The van der Waals surface area contributed by atoms with Gasteiger partial charge in [0.15, 0.2) is 0 Å². The number of carbonyl (C=O) groups is 1. The second-order valence-corrected chi connectivity index (χ2v) is 11.0. The quantitative estimate of drug-likeness (QED) is 0.708. The van der Waals surface area contributed by atoms with Crippen LogP contribution in [0.15, 0.2) is 30.5 Å². The SMILES string of the molecule is CC(C)(C)OC(=O)N(c1ccnc2ccc(B3OC(C)(C)C(C)(C)O3)cc12)C1CCCNC1. The molecule has 2 fully saturated rings. The summed E-state index contributed by atoms with van der Waals surface area (Å²) in [7, 11) is -0.487. The van der Waals surface area contributed by atoms with Crippen molar-refractivity contribution in [3.05, 3.63) is 30.5 Å². The molecule has 0 aliphatic carbocycles. The van der Waals surface area contributed by atoms with E-state index in [4.69, 9.17) is 14.0 Å². The molecule has 0 saturated carbocycles. The normalized spacial score (nSPS) is 22.4. The van der Waals surface area contributed by atoms with Crippen LogP contribution >= 0.6 is 0 Å². The molecule has 0 radical (unpaired) electrons. The number of piperidine rings is 1. The molecule has 33 heavy (non-hydrogen) atoms. The van der Waals surface area contributed by atoms with E-state index in [1.165, 1.54) is 0 Å². The van der Waals surface area contributed by atoms with E-state index in [2.05, 4.69) is 10.3 Å². The lowest BCUT2D eigenvalue weighted by Crippen LogP contribution is -2.50. The Morgan fingerprint density at radius 3 is 2.48 bits per heavy atom. The fourth-order valence-electron chi connectivity index (χ4n) is 4.29. The standard InChI is InChI=1S/C25H36BN3O4/c1-23(2,3)31-22(30)29(18-9-8-13-27-16-18)21-12-14-28-20-11-10-17(15-19(20)21)26-32-24(4,5)25(6,7)33-26/h10-12,14-15,18,27H,8-9,13,16H2,1-7H3. The number of aromatic nitrogens is 1. The first-order valence-electron chi connectivity index (χ1n) is 11.9. The molecular formula is C25H36BN3O4. The summed E-state index contributed by atoms with van der Waals surface area (Å²) in [5, 5.41) is 4.30. The Balaban J connectivity index is 1.77. The molecule has 4 rings (SSSR count). The van der Waals surface area contributed by atoms with Gasteiger partial charge in [0.1, 0.15) is 5.60 Å². The van der Waals surface area contributed by atoms with Crippen molar-refractivity contribution >= 4 is 35.3 Å². The highest BCUT2D eigenvalue weighted by Gasteiger charge is 2.51.